The molecule has 2 atom stereocenters. The zero-order valence-corrected chi connectivity index (χ0v) is 13.9. The van der Waals surface area contributed by atoms with Gasteiger partial charge in [-0.3, -0.25) is 0 Å². The normalized spacial score (nSPS) is 23.6. The van der Waals surface area contributed by atoms with Crippen molar-refractivity contribution in [1.82, 2.24) is 10.2 Å². The highest BCUT2D eigenvalue weighted by molar-refractivity contribution is 6.30. The lowest BCUT2D eigenvalue weighted by Crippen LogP contribution is -2.50. The van der Waals surface area contributed by atoms with Gasteiger partial charge in [0.25, 0.3) is 0 Å². The summed E-state index contributed by atoms with van der Waals surface area (Å²) in [6.45, 7) is 3.59. The molecule has 0 saturated carbocycles. The molecule has 3 rings (SSSR count). The minimum atomic E-state index is 0.000370. The second-order valence-electron chi connectivity index (χ2n) is 5.99. The van der Waals surface area contributed by atoms with Gasteiger partial charge in [-0.05, 0) is 37.0 Å². The summed E-state index contributed by atoms with van der Waals surface area (Å²) in [6.07, 6.45) is 3.03. The Balaban J connectivity index is 1.35. The third-order valence-corrected chi connectivity index (χ3v) is 4.63. The average Bonchev–Trinajstić information content (AvgIpc) is 3.01. The maximum absolute atomic E-state index is 12.2. The molecule has 5 nitrogen and oxygen atoms in total. The minimum Gasteiger partial charge on any atom is -0.379 e. The molecule has 2 heterocycles. The number of hydrogen-bond acceptors (Lipinski definition) is 3. The third-order valence-electron chi connectivity index (χ3n) is 4.37. The van der Waals surface area contributed by atoms with Gasteiger partial charge in [0.1, 0.15) is 0 Å². The predicted molar refractivity (Wildman–Crippen MR) is 88.7 cm³/mol. The molecule has 23 heavy (non-hydrogen) atoms. The molecule has 1 aromatic carbocycles. The van der Waals surface area contributed by atoms with E-state index in [-0.39, 0.29) is 18.2 Å². The molecule has 2 aliphatic rings. The first kappa shape index (κ1) is 16.6. The molecule has 2 saturated heterocycles. The summed E-state index contributed by atoms with van der Waals surface area (Å²) in [5.41, 5.74) is 1.14. The predicted octanol–water partition coefficient (Wildman–Crippen LogP) is 2.99. The van der Waals surface area contributed by atoms with E-state index < -0.39 is 0 Å². The third kappa shape index (κ3) is 4.37. The fraction of sp³-hybridized carbons (Fsp3) is 0.588. The first-order valence-electron chi connectivity index (χ1n) is 8.23. The minimum absolute atomic E-state index is 0.000370. The lowest BCUT2D eigenvalue weighted by molar-refractivity contribution is 0.0414. The summed E-state index contributed by atoms with van der Waals surface area (Å²) in [4.78, 5) is 14.1. The van der Waals surface area contributed by atoms with Crippen LogP contribution in [-0.4, -0.2) is 49.9 Å². The SMILES string of the molecule is O=C(NCCCOC1CCOC1)N1CCC1c1ccc(Cl)cc1. The topological polar surface area (TPSA) is 50.8 Å². The summed E-state index contributed by atoms with van der Waals surface area (Å²) in [7, 11) is 0. The number of likely N-dealkylation sites (tertiary alicyclic amines) is 1. The quantitative estimate of drug-likeness (QED) is 0.811. The Kier molecular flexibility index (Phi) is 5.75. The number of amides is 2. The standard InChI is InChI=1S/C17H23ClN2O3/c18-14-4-2-13(3-5-14)16-6-9-20(16)17(21)19-8-1-10-23-15-7-11-22-12-15/h2-5,15-16H,1,6-12H2,(H,19,21). The molecule has 6 heteroatoms. The molecule has 0 spiro atoms. The van der Waals surface area contributed by atoms with Crippen LogP contribution in [0, 0.1) is 0 Å². The van der Waals surface area contributed by atoms with Crippen LogP contribution in [0.5, 0.6) is 0 Å². The average molecular weight is 339 g/mol. The van der Waals surface area contributed by atoms with E-state index in [2.05, 4.69) is 5.32 Å². The summed E-state index contributed by atoms with van der Waals surface area (Å²) in [6, 6.07) is 7.89. The summed E-state index contributed by atoms with van der Waals surface area (Å²) >= 11 is 5.91. The Morgan fingerprint density at radius 1 is 1.35 bits per heavy atom. The zero-order chi connectivity index (χ0) is 16.1. The summed E-state index contributed by atoms with van der Waals surface area (Å²) < 4.78 is 10.9. The van der Waals surface area contributed by atoms with Gasteiger partial charge in [0.15, 0.2) is 0 Å². The number of carbonyl (C=O) groups is 1. The van der Waals surface area contributed by atoms with Gasteiger partial charge < -0.3 is 19.7 Å². The number of carbonyl (C=O) groups excluding carboxylic acids is 1. The van der Waals surface area contributed by atoms with Crippen molar-refractivity contribution < 1.29 is 14.3 Å². The van der Waals surface area contributed by atoms with Gasteiger partial charge in [-0.1, -0.05) is 23.7 Å². The van der Waals surface area contributed by atoms with Crippen LogP contribution in [0.25, 0.3) is 0 Å². The molecule has 2 aliphatic heterocycles. The van der Waals surface area contributed by atoms with E-state index in [1.54, 1.807) is 0 Å². The van der Waals surface area contributed by atoms with Crippen LogP contribution >= 0.6 is 11.6 Å². The van der Waals surface area contributed by atoms with Crippen LogP contribution in [0.1, 0.15) is 30.9 Å². The van der Waals surface area contributed by atoms with Crippen molar-refractivity contribution in [3.63, 3.8) is 0 Å². The molecule has 2 unspecified atom stereocenters. The van der Waals surface area contributed by atoms with Crippen LogP contribution in [0.2, 0.25) is 5.02 Å². The van der Waals surface area contributed by atoms with E-state index in [0.717, 1.165) is 43.0 Å². The van der Waals surface area contributed by atoms with Gasteiger partial charge in [0.2, 0.25) is 0 Å². The summed E-state index contributed by atoms with van der Waals surface area (Å²) in [5, 5.41) is 3.69. The smallest absolute Gasteiger partial charge is 0.317 e. The number of halogens is 1. The van der Waals surface area contributed by atoms with E-state index in [4.69, 9.17) is 21.1 Å². The van der Waals surface area contributed by atoms with Crippen molar-refractivity contribution >= 4 is 17.6 Å². The fourth-order valence-electron chi connectivity index (χ4n) is 2.93. The Labute approximate surface area is 141 Å². The monoisotopic (exact) mass is 338 g/mol. The van der Waals surface area contributed by atoms with E-state index in [1.165, 1.54) is 0 Å². The molecule has 0 aromatic heterocycles. The van der Waals surface area contributed by atoms with Crippen molar-refractivity contribution in [1.29, 1.82) is 0 Å². The number of urea groups is 1. The molecule has 126 valence electrons. The molecular weight excluding hydrogens is 316 g/mol. The van der Waals surface area contributed by atoms with Gasteiger partial charge in [-0.15, -0.1) is 0 Å². The number of rotatable bonds is 6. The molecule has 0 bridgehead atoms. The Hall–Kier alpha value is -1.30. The van der Waals surface area contributed by atoms with E-state index in [1.807, 2.05) is 29.2 Å². The highest BCUT2D eigenvalue weighted by atomic mass is 35.5. The van der Waals surface area contributed by atoms with Crippen molar-refractivity contribution in [3.05, 3.63) is 34.9 Å². The van der Waals surface area contributed by atoms with Crippen molar-refractivity contribution in [2.45, 2.75) is 31.4 Å². The first-order chi connectivity index (χ1) is 11.2. The Morgan fingerprint density at radius 2 is 2.17 bits per heavy atom. The Morgan fingerprint density at radius 3 is 2.83 bits per heavy atom. The van der Waals surface area contributed by atoms with E-state index in [0.29, 0.717) is 19.8 Å². The van der Waals surface area contributed by atoms with Gasteiger partial charge in [-0.2, -0.15) is 0 Å². The second-order valence-corrected chi connectivity index (χ2v) is 6.43. The van der Waals surface area contributed by atoms with E-state index in [9.17, 15) is 4.79 Å². The van der Waals surface area contributed by atoms with Gasteiger partial charge >= 0.3 is 6.03 Å². The van der Waals surface area contributed by atoms with Crippen LogP contribution in [0.3, 0.4) is 0 Å². The highest BCUT2D eigenvalue weighted by Gasteiger charge is 2.33. The Bertz CT molecular complexity index is 517. The second kappa shape index (κ2) is 7.99. The maximum atomic E-state index is 12.2. The molecular formula is C17H23ClN2O3. The molecule has 2 amide bonds. The first-order valence-corrected chi connectivity index (χ1v) is 8.61. The maximum Gasteiger partial charge on any atom is 0.317 e. The highest BCUT2D eigenvalue weighted by Crippen LogP contribution is 2.33. The molecule has 1 N–H and O–H groups in total. The van der Waals surface area contributed by atoms with Crippen LogP contribution in [-0.2, 0) is 9.47 Å². The summed E-state index contributed by atoms with van der Waals surface area (Å²) in [5.74, 6) is 0. The number of nitrogens with zero attached hydrogens (tertiary/aromatic N) is 1. The van der Waals surface area contributed by atoms with Crippen LogP contribution < -0.4 is 5.32 Å². The van der Waals surface area contributed by atoms with Crippen LogP contribution in [0.4, 0.5) is 4.79 Å². The molecule has 0 aliphatic carbocycles. The van der Waals surface area contributed by atoms with Gasteiger partial charge in [0.05, 0.1) is 18.8 Å². The van der Waals surface area contributed by atoms with Crippen molar-refractivity contribution in [2.24, 2.45) is 0 Å². The van der Waals surface area contributed by atoms with Crippen LogP contribution in [0.15, 0.2) is 24.3 Å². The molecule has 1 aromatic rings. The zero-order valence-electron chi connectivity index (χ0n) is 13.2. The lowest BCUT2D eigenvalue weighted by Gasteiger charge is -2.41. The van der Waals surface area contributed by atoms with Gasteiger partial charge in [-0.25, -0.2) is 4.79 Å². The number of nitrogens with one attached hydrogen (secondary N) is 1. The van der Waals surface area contributed by atoms with E-state index >= 15 is 0 Å². The number of benzene rings is 1. The number of hydrogen-bond donors (Lipinski definition) is 1. The van der Waals surface area contributed by atoms with Crippen molar-refractivity contribution in [2.75, 3.05) is 32.9 Å². The van der Waals surface area contributed by atoms with Gasteiger partial charge in [0, 0.05) is 31.3 Å². The number of ether oxygens (including phenoxy) is 2. The largest absolute Gasteiger partial charge is 0.379 e. The van der Waals surface area contributed by atoms with Crippen molar-refractivity contribution in [3.8, 4) is 0 Å². The lowest BCUT2D eigenvalue weighted by atomic mass is 9.95. The fourth-order valence-corrected chi connectivity index (χ4v) is 3.05. The molecule has 0 radical (unpaired) electrons. The molecule has 2 fully saturated rings.